The maximum atomic E-state index is 4.45. The van der Waals surface area contributed by atoms with E-state index in [0.29, 0.717) is 6.04 Å². The van der Waals surface area contributed by atoms with E-state index in [0.717, 1.165) is 25.1 Å². The van der Waals surface area contributed by atoms with Gasteiger partial charge in [0.2, 0.25) is 0 Å². The van der Waals surface area contributed by atoms with Crippen LogP contribution >= 0.6 is 22.6 Å². The third-order valence-corrected chi connectivity index (χ3v) is 4.42. The van der Waals surface area contributed by atoms with Crippen LogP contribution in [0.2, 0.25) is 0 Å². The third kappa shape index (κ3) is 3.82. The first kappa shape index (κ1) is 15.5. The van der Waals surface area contributed by atoms with Gasteiger partial charge in [-0.1, -0.05) is 25.1 Å². The topological polar surface area (TPSA) is 29.9 Å². The number of benzene rings is 1. The lowest BCUT2D eigenvalue weighted by molar-refractivity contribution is 0.510. The van der Waals surface area contributed by atoms with Gasteiger partial charge in [0.05, 0.1) is 5.69 Å². The van der Waals surface area contributed by atoms with E-state index < -0.39 is 0 Å². The van der Waals surface area contributed by atoms with Gasteiger partial charge in [-0.25, -0.2) is 0 Å². The molecule has 2 aromatic rings. The summed E-state index contributed by atoms with van der Waals surface area (Å²) in [4.78, 5) is 0. The van der Waals surface area contributed by atoms with Crippen molar-refractivity contribution in [3.05, 3.63) is 50.9 Å². The first-order chi connectivity index (χ1) is 9.61. The highest BCUT2D eigenvalue weighted by atomic mass is 127. The molecule has 1 unspecified atom stereocenters. The van der Waals surface area contributed by atoms with Crippen LogP contribution in [-0.4, -0.2) is 16.3 Å². The van der Waals surface area contributed by atoms with Gasteiger partial charge in [-0.2, -0.15) is 5.10 Å². The summed E-state index contributed by atoms with van der Waals surface area (Å²) in [7, 11) is 2.02. The Morgan fingerprint density at radius 3 is 2.70 bits per heavy atom. The molecule has 1 aromatic carbocycles. The Labute approximate surface area is 134 Å². The van der Waals surface area contributed by atoms with Gasteiger partial charge in [0.15, 0.2) is 0 Å². The Balaban J connectivity index is 2.24. The number of hydrogen-bond acceptors (Lipinski definition) is 2. The molecule has 0 spiro atoms. The van der Waals surface area contributed by atoms with E-state index in [-0.39, 0.29) is 0 Å². The minimum atomic E-state index is 0.345. The number of hydrogen-bond donors (Lipinski definition) is 1. The number of aromatic nitrogens is 2. The Hall–Kier alpha value is -0.880. The zero-order chi connectivity index (χ0) is 14.5. The summed E-state index contributed by atoms with van der Waals surface area (Å²) in [5.41, 5.74) is 3.73. The molecule has 0 amide bonds. The number of aryl methyl sites for hydroxylation is 2. The lowest BCUT2D eigenvalue weighted by Gasteiger charge is -2.20. The molecular weight excluding hydrogens is 361 g/mol. The molecule has 0 saturated carbocycles. The molecule has 0 aliphatic carbocycles. The van der Waals surface area contributed by atoms with Crippen LogP contribution in [0.25, 0.3) is 0 Å². The molecule has 1 heterocycles. The van der Waals surface area contributed by atoms with E-state index in [1.807, 2.05) is 18.7 Å². The smallest absolute Gasteiger partial charge is 0.0596 e. The minimum Gasteiger partial charge on any atom is -0.310 e. The Kier molecular flexibility index (Phi) is 5.60. The summed E-state index contributed by atoms with van der Waals surface area (Å²) >= 11 is 2.42. The minimum absolute atomic E-state index is 0.345. The average Bonchev–Trinajstić information content (AvgIpc) is 2.73. The second-order valence-corrected chi connectivity index (χ2v) is 6.30. The van der Waals surface area contributed by atoms with Crippen molar-refractivity contribution < 1.29 is 0 Å². The molecule has 1 atom stereocenters. The van der Waals surface area contributed by atoms with Gasteiger partial charge in [0, 0.05) is 28.8 Å². The zero-order valence-electron chi connectivity index (χ0n) is 12.4. The van der Waals surface area contributed by atoms with Crippen LogP contribution in [0.15, 0.2) is 30.3 Å². The predicted octanol–water partition coefficient (Wildman–Crippen LogP) is 3.62. The van der Waals surface area contributed by atoms with Crippen molar-refractivity contribution in [1.82, 2.24) is 15.1 Å². The fourth-order valence-electron chi connectivity index (χ4n) is 2.43. The van der Waals surface area contributed by atoms with E-state index in [4.69, 9.17) is 0 Å². The van der Waals surface area contributed by atoms with Gasteiger partial charge >= 0.3 is 0 Å². The van der Waals surface area contributed by atoms with Crippen LogP contribution in [0.4, 0.5) is 0 Å². The van der Waals surface area contributed by atoms with Crippen LogP contribution < -0.4 is 5.32 Å². The molecule has 2 rings (SSSR count). The molecule has 108 valence electrons. The van der Waals surface area contributed by atoms with Crippen molar-refractivity contribution in [2.75, 3.05) is 6.54 Å². The van der Waals surface area contributed by atoms with Gasteiger partial charge < -0.3 is 5.32 Å². The lowest BCUT2D eigenvalue weighted by Crippen LogP contribution is -2.25. The van der Waals surface area contributed by atoms with Crippen LogP contribution in [0.1, 0.15) is 36.3 Å². The van der Waals surface area contributed by atoms with E-state index in [1.54, 1.807) is 0 Å². The van der Waals surface area contributed by atoms with Gasteiger partial charge in [0.25, 0.3) is 0 Å². The van der Waals surface area contributed by atoms with Crippen LogP contribution in [-0.2, 0) is 13.5 Å². The Morgan fingerprint density at radius 1 is 1.35 bits per heavy atom. The predicted molar refractivity (Wildman–Crippen MR) is 91.8 cm³/mol. The highest BCUT2D eigenvalue weighted by Crippen LogP contribution is 2.23. The fourth-order valence-corrected chi connectivity index (χ4v) is 3.20. The zero-order valence-corrected chi connectivity index (χ0v) is 14.5. The van der Waals surface area contributed by atoms with Crippen molar-refractivity contribution in [3.63, 3.8) is 0 Å². The highest BCUT2D eigenvalue weighted by molar-refractivity contribution is 14.1. The van der Waals surface area contributed by atoms with Crippen molar-refractivity contribution in [1.29, 1.82) is 0 Å². The second-order valence-electron chi connectivity index (χ2n) is 5.13. The molecule has 0 aliphatic heterocycles. The van der Waals surface area contributed by atoms with E-state index in [9.17, 15) is 0 Å². The van der Waals surface area contributed by atoms with Gasteiger partial charge in [0.1, 0.15) is 0 Å². The number of rotatable bonds is 6. The van der Waals surface area contributed by atoms with Gasteiger partial charge in [-0.3, -0.25) is 4.68 Å². The molecule has 0 fully saturated rings. The number of nitrogens with one attached hydrogen (secondary N) is 1. The highest BCUT2D eigenvalue weighted by Gasteiger charge is 2.16. The third-order valence-electron chi connectivity index (χ3n) is 3.43. The fraction of sp³-hybridized carbons (Fsp3) is 0.438. The maximum absolute atomic E-state index is 4.45. The summed E-state index contributed by atoms with van der Waals surface area (Å²) in [6.07, 6.45) is 2.11. The molecule has 0 bridgehead atoms. The standard InChI is InChI=1S/C16H22IN3/c1-4-9-18-16(14-7-5-6-8-15(14)17)11-13-10-12(2)19-20(13)3/h5-8,10,16,18H,4,9,11H2,1-3H3. The second kappa shape index (κ2) is 7.22. The summed E-state index contributed by atoms with van der Waals surface area (Å²) < 4.78 is 3.31. The molecule has 0 aliphatic rings. The summed E-state index contributed by atoms with van der Waals surface area (Å²) in [6, 6.07) is 11.1. The molecule has 20 heavy (non-hydrogen) atoms. The molecule has 1 aromatic heterocycles. The SMILES string of the molecule is CCCNC(Cc1cc(C)nn1C)c1ccccc1I. The number of halogens is 1. The lowest BCUT2D eigenvalue weighted by atomic mass is 10.0. The Bertz CT molecular complexity index is 563. The molecule has 3 nitrogen and oxygen atoms in total. The van der Waals surface area contributed by atoms with Gasteiger partial charge in [-0.15, -0.1) is 0 Å². The normalized spacial score (nSPS) is 12.6. The summed E-state index contributed by atoms with van der Waals surface area (Å²) in [6.45, 7) is 5.28. The molecule has 0 radical (unpaired) electrons. The molecule has 0 saturated heterocycles. The summed E-state index contributed by atoms with van der Waals surface area (Å²) in [5, 5.41) is 8.11. The van der Waals surface area contributed by atoms with E-state index in [1.165, 1.54) is 14.8 Å². The molecule has 1 N–H and O–H groups in total. The van der Waals surface area contributed by atoms with E-state index >= 15 is 0 Å². The van der Waals surface area contributed by atoms with Crippen molar-refractivity contribution in [2.45, 2.75) is 32.7 Å². The molecular formula is C16H22IN3. The van der Waals surface area contributed by atoms with Crippen LogP contribution in [0, 0.1) is 10.5 Å². The van der Waals surface area contributed by atoms with Crippen LogP contribution in [0.5, 0.6) is 0 Å². The molecule has 4 heteroatoms. The van der Waals surface area contributed by atoms with Crippen LogP contribution in [0.3, 0.4) is 0 Å². The largest absolute Gasteiger partial charge is 0.310 e. The van der Waals surface area contributed by atoms with Crippen molar-refractivity contribution in [3.8, 4) is 0 Å². The maximum Gasteiger partial charge on any atom is 0.0596 e. The van der Waals surface area contributed by atoms with Gasteiger partial charge in [-0.05, 0) is 60.2 Å². The monoisotopic (exact) mass is 383 g/mol. The number of nitrogens with zero attached hydrogens (tertiary/aromatic N) is 2. The first-order valence-electron chi connectivity index (χ1n) is 7.09. The Morgan fingerprint density at radius 2 is 2.10 bits per heavy atom. The first-order valence-corrected chi connectivity index (χ1v) is 8.17. The quantitative estimate of drug-likeness (QED) is 0.773. The van der Waals surface area contributed by atoms with Crippen molar-refractivity contribution in [2.24, 2.45) is 7.05 Å². The summed E-state index contributed by atoms with van der Waals surface area (Å²) in [5.74, 6) is 0. The van der Waals surface area contributed by atoms with E-state index in [2.05, 4.69) is 70.3 Å². The average molecular weight is 383 g/mol. The van der Waals surface area contributed by atoms with Crippen molar-refractivity contribution >= 4 is 22.6 Å².